The summed E-state index contributed by atoms with van der Waals surface area (Å²) >= 11 is 0. The monoisotopic (exact) mass is 1740 g/mol. The average Bonchev–Trinajstić information content (AvgIpc) is 1.24. The molecule has 14 aliphatic rings. The molecule has 9 unspecified atom stereocenters. The minimum Gasteiger partial charge on any atom is -0.462 e. The molecule has 0 amide bonds. The zero-order valence-corrected chi connectivity index (χ0v) is 73.1. The topological polar surface area (TPSA) is 266 Å². The first-order chi connectivity index (χ1) is 50.7. The van der Waals surface area contributed by atoms with Crippen LogP contribution in [0.5, 0.6) is 0 Å². The van der Waals surface area contributed by atoms with Gasteiger partial charge in [-0.15, -0.1) is 0 Å². The van der Waals surface area contributed by atoms with Gasteiger partial charge in [0.1, 0.15) is 41.2 Å². The van der Waals surface area contributed by atoms with Crippen LogP contribution in [0.2, 0.25) is 0 Å². The summed E-state index contributed by atoms with van der Waals surface area (Å²) < 4.78 is 55.0. The molecule has 0 radical (unpaired) electrons. The van der Waals surface area contributed by atoms with Crippen molar-refractivity contribution in [3.05, 3.63) is 0 Å². The lowest BCUT2D eigenvalue weighted by Gasteiger charge is -2.61. The van der Waals surface area contributed by atoms with Crippen LogP contribution >= 0.6 is 0 Å². The first-order valence-corrected chi connectivity index (χ1v) is 43.0. The van der Waals surface area contributed by atoms with E-state index >= 15 is 0 Å². The Bertz CT molecular complexity index is 3150. The number of esters is 9. The molecule has 4 saturated heterocycles. The summed E-state index contributed by atoms with van der Waals surface area (Å²) in [5, 5.41) is 10.6. The van der Waals surface area contributed by atoms with Crippen LogP contribution in [-0.2, 0) is 90.5 Å². The van der Waals surface area contributed by atoms with Crippen LogP contribution < -0.4 is 0 Å². The molecule has 14 fully saturated rings. The molecule has 20 heteroatoms. The Morgan fingerprint density at radius 2 is 0.852 bits per heavy atom. The fourth-order valence-electron chi connectivity index (χ4n) is 19.2. The zero-order chi connectivity index (χ0) is 82.6. The third kappa shape index (κ3) is 29.9. The lowest BCUT2D eigenvalue weighted by molar-refractivity contribution is -0.225. The second-order valence-electron chi connectivity index (χ2n) is 41.4. The number of rotatable bonds is 23. The van der Waals surface area contributed by atoms with E-state index in [1.807, 2.05) is 104 Å². The van der Waals surface area contributed by atoms with Gasteiger partial charge in [0.2, 0.25) is 0 Å². The number of carbonyl (C=O) groups excluding carboxylic acids is 9. The Morgan fingerprint density at radius 1 is 0.459 bits per heavy atom. The first-order valence-electron chi connectivity index (χ1n) is 43.0. The van der Waals surface area contributed by atoms with E-state index in [1.54, 1.807) is 13.8 Å². The van der Waals surface area contributed by atoms with E-state index < -0.39 is 52.6 Å². The van der Waals surface area contributed by atoms with Gasteiger partial charge in [-0.05, 0) is 306 Å². The van der Waals surface area contributed by atoms with Crippen LogP contribution in [0.25, 0.3) is 0 Å². The van der Waals surface area contributed by atoms with Gasteiger partial charge >= 0.3 is 53.7 Å². The molecule has 1 N–H and O–H groups in total. The third-order valence-electron chi connectivity index (χ3n) is 29.4. The first kappa shape index (κ1) is 128. The van der Waals surface area contributed by atoms with E-state index in [0.717, 1.165) is 101 Å². The number of carbonyl (C=O) groups is 9. The molecular weight excluding hydrogens is 1550 g/mol. The van der Waals surface area contributed by atoms with Crippen molar-refractivity contribution in [1.82, 2.24) is 0 Å². The molecule has 10 aliphatic carbocycles. The third-order valence-corrected chi connectivity index (χ3v) is 29.4. The van der Waals surface area contributed by atoms with E-state index in [0.29, 0.717) is 43.4 Å². The van der Waals surface area contributed by atoms with Crippen molar-refractivity contribution in [3.63, 3.8) is 0 Å². The van der Waals surface area contributed by atoms with Crippen molar-refractivity contribution in [3.8, 4) is 0 Å². The second kappa shape index (κ2) is 49.1. The van der Waals surface area contributed by atoms with E-state index in [2.05, 4.69) is 55.4 Å². The standard InChI is InChI=1S/C19H32O2.C16H26O3.C15H20O7.2C15H28O2.C10H16O4.12CH4/c1-6-17(2,3)16(20)21-18(4,5)19-10-13-7-14(11-19)9-15(8-13)12-19;1-4-14(2,3)13(17)19-16-8-11-5-12(9-16)7-15(18,6-11)10-16;1-4-15(2,3)14(18)19-6-9(16)21-11-8-5-7-10(20-8)12(11)22-13(7)17;1-7-14(5,6)12(16)17-15(13(2,3)4)10-8-9-11-15;1-6-12(3)15(10-8-9-11-15)17-13(16)14(4,5)7-2;1-4-10(2,3)9(12)14-7-5-8(11)13-6-7;;;;;;;;;;;;/h13-15H,6-12H2,1-5H3;11-12,18H,4-10H2,1-3H3;7-8,10-12H,4-6H2,1-3H3;7-11H2,1-6H3;12H,6-11H2,1-5H3;7H,4-6H2,1-3H3;12*1H4. The SMILES string of the molecule is C.C.C.C.C.C.C.C.C.C.C.C.CCC(C)(C)C(=O)OC(C)(C)C12CC3CC(CC(C3)C1)C2.CCC(C)(C)C(=O)OC1(C(C)(C)C)CCCC1.CCC(C)(C)C(=O)OC12CC3CC(CC(O)(C3)C1)C2.CCC(C)(C)C(=O)OC1COC(=O)C1.CCC(C)(C)C(=O)OCC(=O)OC1C2CC3C(=O)OC1C3O2.CCC(C)C1(OC(=O)C(C)(C)CC)CCCC1. The lowest BCUT2D eigenvalue weighted by Crippen LogP contribution is -2.61. The van der Waals surface area contributed by atoms with Crippen LogP contribution in [-0.4, -0.2) is 131 Å². The molecule has 122 heavy (non-hydrogen) atoms. The fraction of sp³-hybridized carbons (Fsp3) is 0.912. The highest BCUT2D eigenvalue weighted by Gasteiger charge is 2.66. The predicted octanol–water partition coefficient (Wildman–Crippen LogP) is 26.2. The van der Waals surface area contributed by atoms with Gasteiger partial charge in [0, 0.05) is 17.3 Å². The summed E-state index contributed by atoms with van der Waals surface area (Å²) in [4.78, 5) is 107. The summed E-state index contributed by atoms with van der Waals surface area (Å²) in [6.45, 7) is 50.0. The van der Waals surface area contributed by atoms with Gasteiger partial charge in [-0.25, -0.2) is 4.79 Å². The van der Waals surface area contributed by atoms with Gasteiger partial charge in [-0.3, -0.25) is 38.4 Å². The van der Waals surface area contributed by atoms with Gasteiger partial charge in [-0.1, -0.05) is 165 Å². The van der Waals surface area contributed by atoms with Crippen molar-refractivity contribution in [2.75, 3.05) is 13.2 Å². The Balaban J connectivity index is -0.000000326. The van der Waals surface area contributed by atoms with Crippen molar-refractivity contribution < 1.29 is 95.6 Å². The molecule has 0 aromatic rings. The normalized spacial score (nSPS) is 28.3. The zero-order valence-electron chi connectivity index (χ0n) is 73.1. The molecule has 10 saturated carbocycles. The number of hydrogen-bond donors (Lipinski definition) is 1. The van der Waals surface area contributed by atoms with E-state index in [1.165, 1.54) is 70.6 Å². The Kier molecular flexibility index (Phi) is 51.5. The van der Waals surface area contributed by atoms with Crippen molar-refractivity contribution in [2.24, 2.45) is 84.7 Å². The molecule has 20 nitrogen and oxygen atoms in total. The van der Waals surface area contributed by atoms with Gasteiger partial charge < -0.3 is 52.5 Å². The maximum atomic E-state index is 12.6. The van der Waals surface area contributed by atoms with E-state index in [4.69, 9.17) is 47.4 Å². The van der Waals surface area contributed by atoms with Crippen LogP contribution in [0, 0.1) is 84.7 Å². The quantitative estimate of drug-likeness (QED) is 0.0736. The molecule has 10 bridgehead atoms. The molecule has 0 spiro atoms. The highest BCUT2D eigenvalue weighted by molar-refractivity contribution is 5.81. The molecule has 0 aromatic carbocycles. The average molecular weight is 1740 g/mol. The Morgan fingerprint density at radius 3 is 1.25 bits per heavy atom. The number of cyclic esters (lactones) is 1. The largest absolute Gasteiger partial charge is 0.462 e. The maximum Gasteiger partial charge on any atom is 0.344 e. The Hall–Kier alpha value is -4.85. The highest BCUT2D eigenvalue weighted by atomic mass is 16.7. The minimum atomic E-state index is -0.652. The highest BCUT2D eigenvalue weighted by Crippen LogP contribution is 2.65. The smallest absolute Gasteiger partial charge is 0.344 e. The van der Waals surface area contributed by atoms with Crippen LogP contribution in [0.4, 0.5) is 0 Å². The van der Waals surface area contributed by atoms with Gasteiger partial charge in [0.05, 0.1) is 56.5 Å². The number of hydrogen-bond acceptors (Lipinski definition) is 20. The molecular formula is C102H198O20. The predicted molar refractivity (Wildman–Crippen MR) is 501 cm³/mol. The molecule has 726 valence electrons. The summed E-state index contributed by atoms with van der Waals surface area (Å²) in [6.07, 6.45) is 27.0. The number of aliphatic hydroxyl groups is 1. The maximum absolute atomic E-state index is 12.6. The van der Waals surface area contributed by atoms with Gasteiger partial charge in [0.25, 0.3) is 0 Å². The molecule has 14 rings (SSSR count). The summed E-state index contributed by atoms with van der Waals surface area (Å²) in [7, 11) is 0. The summed E-state index contributed by atoms with van der Waals surface area (Å²) in [5.74, 6) is 1.99. The minimum absolute atomic E-state index is 0. The molecule has 4 aliphatic heterocycles. The van der Waals surface area contributed by atoms with Crippen LogP contribution in [0.1, 0.15) is 448 Å². The number of ether oxygens (including phenoxy) is 10. The Labute approximate surface area is 750 Å². The molecule has 4 heterocycles. The van der Waals surface area contributed by atoms with E-state index in [-0.39, 0.29) is 218 Å². The van der Waals surface area contributed by atoms with Crippen molar-refractivity contribution in [2.45, 2.75) is 507 Å². The van der Waals surface area contributed by atoms with Gasteiger partial charge in [0.15, 0.2) is 18.8 Å². The molecule has 0 aromatic heterocycles. The van der Waals surface area contributed by atoms with E-state index in [9.17, 15) is 48.3 Å². The summed E-state index contributed by atoms with van der Waals surface area (Å²) in [5.41, 5.74) is -3.94. The molecule has 9 atom stereocenters. The van der Waals surface area contributed by atoms with Crippen LogP contribution in [0.3, 0.4) is 0 Å². The van der Waals surface area contributed by atoms with Crippen LogP contribution in [0.15, 0.2) is 0 Å². The fourth-order valence-corrected chi connectivity index (χ4v) is 19.2. The lowest BCUT2D eigenvalue weighted by atomic mass is 9.46. The second-order valence-corrected chi connectivity index (χ2v) is 41.4. The summed E-state index contributed by atoms with van der Waals surface area (Å²) in [6, 6.07) is 0. The van der Waals surface area contributed by atoms with Gasteiger partial charge in [-0.2, -0.15) is 0 Å². The van der Waals surface area contributed by atoms with Crippen molar-refractivity contribution in [1.29, 1.82) is 0 Å². The van der Waals surface area contributed by atoms with Crippen molar-refractivity contribution >= 4 is 53.7 Å². The number of fused-ring (bicyclic) bond motifs is 1.